The van der Waals surface area contributed by atoms with Crippen molar-refractivity contribution < 1.29 is 16.8 Å². The van der Waals surface area contributed by atoms with E-state index in [1.54, 1.807) is 12.1 Å². The van der Waals surface area contributed by atoms with Crippen LogP contribution in [0.3, 0.4) is 0 Å². The number of piperazine rings is 1. The molecule has 144 valence electrons. The van der Waals surface area contributed by atoms with Crippen molar-refractivity contribution in [1.82, 2.24) is 10.3 Å². The van der Waals surface area contributed by atoms with Gasteiger partial charge in [-0.2, -0.15) is 0 Å². The first kappa shape index (κ1) is 21.1. The van der Waals surface area contributed by atoms with Crippen LogP contribution in [0.15, 0.2) is 38.5 Å². The van der Waals surface area contributed by atoms with Crippen molar-refractivity contribution in [2.75, 3.05) is 37.3 Å². The van der Waals surface area contributed by atoms with Crippen LogP contribution >= 0.6 is 23.7 Å². The van der Waals surface area contributed by atoms with E-state index in [1.165, 1.54) is 12.1 Å². The SMILES string of the molecule is Cc1ccc(S(=O)(=O)c2nc(S(C)(=O)=O)sc2N2CCNCC2)cc1.Cl. The molecule has 7 nitrogen and oxygen atoms in total. The number of halogens is 1. The van der Waals surface area contributed by atoms with Crippen LogP contribution in [-0.4, -0.2) is 54.3 Å². The maximum absolute atomic E-state index is 13.1. The Hall–Kier alpha value is -1.20. The third kappa shape index (κ3) is 4.20. The molecule has 0 spiro atoms. The molecule has 0 radical (unpaired) electrons. The molecule has 3 rings (SSSR count). The standard InChI is InChI=1S/C15H19N3O4S3.ClH/c1-11-3-5-12(6-4-11)25(21,22)13-14(18-9-7-16-8-10-18)23-15(17-13)24(2,19)20;/h3-6,16H,7-10H2,1-2H3;1H. The second kappa shape index (κ2) is 7.81. The molecule has 0 saturated carbocycles. The van der Waals surface area contributed by atoms with Gasteiger partial charge in [-0.1, -0.05) is 29.0 Å². The largest absolute Gasteiger partial charge is 0.358 e. The van der Waals surface area contributed by atoms with E-state index in [0.29, 0.717) is 31.2 Å². The number of aromatic nitrogens is 1. The Kier molecular flexibility index (Phi) is 6.34. The Bertz CT molecular complexity index is 980. The number of nitrogens with one attached hydrogen (secondary N) is 1. The lowest BCUT2D eigenvalue weighted by Gasteiger charge is -2.28. The predicted molar refractivity (Wildman–Crippen MR) is 104 cm³/mol. The molecule has 1 saturated heterocycles. The quantitative estimate of drug-likeness (QED) is 0.774. The molecule has 1 aliphatic rings. The summed E-state index contributed by atoms with van der Waals surface area (Å²) in [5.41, 5.74) is 0.941. The number of anilines is 1. The van der Waals surface area contributed by atoms with Crippen LogP contribution in [0, 0.1) is 6.92 Å². The minimum Gasteiger partial charge on any atom is -0.358 e. The Morgan fingerprint density at radius 3 is 2.19 bits per heavy atom. The Balaban J connectivity index is 0.00000243. The Morgan fingerprint density at radius 2 is 1.65 bits per heavy atom. The maximum atomic E-state index is 13.1. The van der Waals surface area contributed by atoms with Gasteiger partial charge in [0.2, 0.25) is 24.0 Å². The van der Waals surface area contributed by atoms with Crippen molar-refractivity contribution in [1.29, 1.82) is 0 Å². The van der Waals surface area contributed by atoms with Crippen molar-refractivity contribution in [3.63, 3.8) is 0 Å². The minimum atomic E-state index is -3.90. The molecule has 0 atom stereocenters. The van der Waals surface area contributed by atoms with Crippen molar-refractivity contribution in [3.8, 4) is 0 Å². The molecule has 2 heterocycles. The molecule has 26 heavy (non-hydrogen) atoms. The third-order valence-corrected chi connectivity index (χ3v) is 8.48. The van der Waals surface area contributed by atoms with Crippen LogP contribution in [0.5, 0.6) is 0 Å². The topological polar surface area (TPSA) is 96.4 Å². The fourth-order valence-corrected chi connectivity index (χ4v) is 6.21. The van der Waals surface area contributed by atoms with E-state index in [0.717, 1.165) is 23.2 Å². The highest BCUT2D eigenvalue weighted by Gasteiger charge is 2.31. The molecule has 1 N–H and O–H groups in total. The van der Waals surface area contributed by atoms with Crippen LogP contribution in [0.25, 0.3) is 0 Å². The van der Waals surface area contributed by atoms with Crippen LogP contribution in [0.1, 0.15) is 5.56 Å². The molecular formula is C15H20ClN3O4S3. The number of sulfone groups is 2. The summed E-state index contributed by atoms with van der Waals surface area (Å²) in [7, 11) is -7.49. The highest BCUT2D eigenvalue weighted by molar-refractivity contribution is 7.93. The number of rotatable bonds is 4. The predicted octanol–water partition coefficient (Wildman–Crippen LogP) is 1.52. The van der Waals surface area contributed by atoms with Gasteiger partial charge in [-0.15, -0.1) is 12.4 Å². The normalized spacial score (nSPS) is 15.5. The second-order valence-electron chi connectivity index (χ2n) is 5.92. The van der Waals surface area contributed by atoms with Crippen LogP contribution in [0.2, 0.25) is 0 Å². The lowest BCUT2D eigenvalue weighted by molar-refractivity contribution is 0.578. The van der Waals surface area contributed by atoms with E-state index in [-0.39, 0.29) is 26.7 Å². The van der Waals surface area contributed by atoms with E-state index in [4.69, 9.17) is 0 Å². The number of thiazole rings is 1. The summed E-state index contributed by atoms with van der Waals surface area (Å²) in [5.74, 6) is 0. The molecule has 1 aliphatic heterocycles. The summed E-state index contributed by atoms with van der Waals surface area (Å²) >= 11 is 0.918. The third-order valence-electron chi connectivity index (χ3n) is 3.87. The van der Waals surface area contributed by atoms with E-state index in [1.807, 2.05) is 11.8 Å². The first-order valence-corrected chi connectivity index (χ1v) is 11.9. The first-order chi connectivity index (χ1) is 11.7. The van der Waals surface area contributed by atoms with Gasteiger partial charge < -0.3 is 10.2 Å². The monoisotopic (exact) mass is 437 g/mol. The fraction of sp³-hybridized carbons (Fsp3) is 0.400. The zero-order valence-corrected chi connectivity index (χ0v) is 17.6. The summed E-state index contributed by atoms with van der Waals surface area (Å²) in [6.45, 7) is 4.48. The van der Waals surface area contributed by atoms with Gasteiger partial charge in [0.1, 0.15) is 5.00 Å². The van der Waals surface area contributed by atoms with Gasteiger partial charge >= 0.3 is 0 Å². The summed E-state index contributed by atoms with van der Waals surface area (Å²) < 4.78 is 49.8. The molecule has 1 aromatic heterocycles. The number of benzene rings is 1. The first-order valence-electron chi connectivity index (χ1n) is 7.68. The lowest BCUT2D eigenvalue weighted by Crippen LogP contribution is -2.43. The molecule has 2 aromatic rings. The van der Waals surface area contributed by atoms with Gasteiger partial charge in [0.25, 0.3) is 0 Å². The lowest BCUT2D eigenvalue weighted by atomic mass is 10.2. The highest BCUT2D eigenvalue weighted by atomic mass is 35.5. The smallest absolute Gasteiger partial charge is 0.226 e. The minimum absolute atomic E-state index is 0. The Labute approximate surface area is 163 Å². The van der Waals surface area contributed by atoms with E-state index in [2.05, 4.69) is 10.3 Å². The summed E-state index contributed by atoms with van der Waals surface area (Å²) in [5, 5.41) is 3.41. The van der Waals surface area contributed by atoms with Crippen LogP contribution in [-0.2, 0) is 19.7 Å². The van der Waals surface area contributed by atoms with Gasteiger partial charge in [0, 0.05) is 32.4 Å². The average Bonchev–Trinajstić information content (AvgIpc) is 3.02. The van der Waals surface area contributed by atoms with E-state index in [9.17, 15) is 16.8 Å². The zero-order valence-electron chi connectivity index (χ0n) is 14.3. The molecule has 1 aromatic carbocycles. The molecule has 1 fully saturated rings. The van der Waals surface area contributed by atoms with Crippen LogP contribution < -0.4 is 10.2 Å². The average molecular weight is 438 g/mol. The highest BCUT2D eigenvalue weighted by Crippen LogP contribution is 2.37. The van der Waals surface area contributed by atoms with E-state index < -0.39 is 19.7 Å². The molecule has 0 bridgehead atoms. The summed E-state index contributed by atoms with van der Waals surface area (Å²) in [4.78, 5) is 6.00. The van der Waals surface area contributed by atoms with E-state index >= 15 is 0 Å². The summed E-state index contributed by atoms with van der Waals surface area (Å²) in [6, 6.07) is 6.46. The van der Waals surface area contributed by atoms with Crippen molar-refractivity contribution in [3.05, 3.63) is 29.8 Å². The molecule has 11 heteroatoms. The Morgan fingerprint density at radius 1 is 1.08 bits per heavy atom. The molecule has 0 aliphatic carbocycles. The molecule has 0 amide bonds. The number of hydrogen-bond acceptors (Lipinski definition) is 8. The zero-order chi connectivity index (χ0) is 18.2. The van der Waals surface area contributed by atoms with Gasteiger partial charge in [0.05, 0.1) is 4.90 Å². The van der Waals surface area contributed by atoms with Crippen molar-refractivity contribution >= 4 is 48.4 Å². The van der Waals surface area contributed by atoms with Crippen LogP contribution in [0.4, 0.5) is 5.00 Å². The second-order valence-corrected chi connectivity index (χ2v) is 10.9. The van der Waals surface area contributed by atoms with Gasteiger partial charge in [-0.05, 0) is 19.1 Å². The van der Waals surface area contributed by atoms with Crippen molar-refractivity contribution in [2.45, 2.75) is 21.2 Å². The molecule has 0 unspecified atom stereocenters. The fourth-order valence-electron chi connectivity index (χ4n) is 2.51. The number of hydrogen-bond donors (Lipinski definition) is 1. The maximum Gasteiger partial charge on any atom is 0.226 e. The summed E-state index contributed by atoms with van der Waals surface area (Å²) in [6.07, 6.45) is 1.04. The van der Waals surface area contributed by atoms with Gasteiger partial charge in [-0.3, -0.25) is 0 Å². The van der Waals surface area contributed by atoms with Crippen molar-refractivity contribution in [2.24, 2.45) is 0 Å². The molecular weight excluding hydrogens is 418 g/mol. The number of aryl methyl sites for hydroxylation is 1. The number of nitrogens with zero attached hydrogens (tertiary/aromatic N) is 2. The van der Waals surface area contributed by atoms with Gasteiger partial charge in [0.15, 0.2) is 5.03 Å². The van der Waals surface area contributed by atoms with Gasteiger partial charge in [-0.25, -0.2) is 21.8 Å².